The van der Waals surface area contributed by atoms with Crippen molar-refractivity contribution in [2.45, 2.75) is 6.92 Å². The number of nitrogens with one attached hydrogen (secondary N) is 1. The van der Waals surface area contributed by atoms with Crippen LogP contribution in [0.25, 0.3) is 5.57 Å². The normalized spacial score (nSPS) is 20.7. The highest BCUT2D eigenvalue weighted by molar-refractivity contribution is 8.26. The molecule has 0 aliphatic carbocycles. The van der Waals surface area contributed by atoms with Crippen LogP contribution in [0, 0.1) is 0 Å². The number of hydrogen-bond donors (Lipinski definition) is 1. The molecular formula is C18H16N2OS2. The molecule has 3 nitrogen and oxygen atoms in total. The Morgan fingerprint density at radius 1 is 1.26 bits per heavy atom. The van der Waals surface area contributed by atoms with Crippen molar-refractivity contribution in [3.8, 4) is 0 Å². The second kappa shape index (κ2) is 6.98. The van der Waals surface area contributed by atoms with Crippen LogP contribution in [-0.4, -0.2) is 21.7 Å². The lowest BCUT2D eigenvalue weighted by Crippen LogP contribution is -2.27. The molecule has 116 valence electrons. The minimum Gasteiger partial charge on any atom is -0.361 e. The maximum atomic E-state index is 12.1. The molecule has 2 heterocycles. The van der Waals surface area contributed by atoms with Crippen LogP contribution in [0.1, 0.15) is 12.5 Å². The number of allylic oxidation sites excluding steroid dienone is 6. The Morgan fingerprint density at radius 3 is 2.83 bits per heavy atom. The SMILES string of the molecule is CCN1C(=O)C(=CC=CC=C2C=CNc3ccccc32)SC1=S. The number of hydrogen-bond acceptors (Lipinski definition) is 4. The topological polar surface area (TPSA) is 32.3 Å². The predicted octanol–water partition coefficient (Wildman–Crippen LogP) is 4.33. The third-order valence-corrected chi connectivity index (χ3v) is 4.96. The van der Waals surface area contributed by atoms with Gasteiger partial charge in [-0.2, -0.15) is 0 Å². The van der Waals surface area contributed by atoms with Gasteiger partial charge in [0.1, 0.15) is 4.32 Å². The Labute approximate surface area is 145 Å². The summed E-state index contributed by atoms with van der Waals surface area (Å²) in [6.45, 7) is 2.54. The molecule has 0 spiro atoms. The Kier molecular flexibility index (Phi) is 4.79. The standard InChI is InChI=1S/C18H16N2OS2/c1-2-20-17(21)16(23-18(20)22)10-6-3-7-13-11-12-19-15-9-5-4-8-14(13)15/h3-12,19H,2H2,1H3. The first-order valence-electron chi connectivity index (χ1n) is 7.35. The van der Waals surface area contributed by atoms with Crippen LogP contribution in [-0.2, 0) is 4.79 Å². The summed E-state index contributed by atoms with van der Waals surface area (Å²) < 4.78 is 0.630. The van der Waals surface area contributed by atoms with E-state index in [4.69, 9.17) is 12.2 Å². The number of nitrogens with zero attached hydrogens (tertiary/aromatic N) is 1. The molecule has 1 aromatic carbocycles. The van der Waals surface area contributed by atoms with Crippen LogP contribution in [0.3, 0.4) is 0 Å². The zero-order valence-electron chi connectivity index (χ0n) is 12.7. The number of carbonyl (C=O) groups is 1. The minimum atomic E-state index is -0.00749. The fraction of sp³-hybridized carbons (Fsp3) is 0.111. The van der Waals surface area contributed by atoms with E-state index < -0.39 is 0 Å². The highest BCUT2D eigenvalue weighted by Crippen LogP contribution is 2.31. The van der Waals surface area contributed by atoms with Crippen molar-refractivity contribution in [1.29, 1.82) is 0 Å². The summed E-state index contributed by atoms with van der Waals surface area (Å²) in [5.74, 6) is -0.00749. The maximum absolute atomic E-state index is 12.1. The molecule has 1 aromatic rings. The molecule has 5 heteroatoms. The lowest BCUT2D eigenvalue weighted by Gasteiger charge is -2.14. The van der Waals surface area contributed by atoms with Crippen LogP contribution >= 0.6 is 24.0 Å². The first-order chi connectivity index (χ1) is 11.2. The second-order valence-electron chi connectivity index (χ2n) is 4.98. The third kappa shape index (κ3) is 3.30. The number of anilines is 1. The molecule has 0 saturated carbocycles. The van der Waals surface area contributed by atoms with Crippen molar-refractivity contribution in [3.63, 3.8) is 0 Å². The Balaban J connectivity index is 1.76. The van der Waals surface area contributed by atoms with Gasteiger partial charge in [-0.25, -0.2) is 0 Å². The van der Waals surface area contributed by atoms with E-state index in [9.17, 15) is 4.79 Å². The van der Waals surface area contributed by atoms with Gasteiger partial charge in [-0.1, -0.05) is 60.4 Å². The van der Waals surface area contributed by atoms with Gasteiger partial charge in [0, 0.05) is 24.0 Å². The third-order valence-electron chi connectivity index (χ3n) is 3.56. The molecule has 2 aliphatic heterocycles. The van der Waals surface area contributed by atoms with E-state index in [1.165, 1.54) is 11.8 Å². The number of thiocarbonyl (C=S) groups is 1. The molecule has 0 unspecified atom stereocenters. The van der Waals surface area contributed by atoms with Gasteiger partial charge in [0.15, 0.2) is 0 Å². The fourth-order valence-electron chi connectivity index (χ4n) is 2.41. The van der Waals surface area contributed by atoms with E-state index >= 15 is 0 Å². The average Bonchev–Trinajstić information content (AvgIpc) is 2.85. The number of amides is 1. The van der Waals surface area contributed by atoms with E-state index in [0.717, 1.165) is 16.8 Å². The van der Waals surface area contributed by atoms with Gasteiger partial charge in [0.2, 0.25) is 0 Å². The zero-order valence-corrected chi connectivity index (χ0v) is 14.3. The molecule has 1 saturated heterocycles. The van der Waals surface area contributed by atoms with E-state index in [1.54, 1.807) is 4.90 Å². The summed E-state index contributed by atoms with van der Waals surface area (Å²) >= 11 is 6.55. The summed E-state index contributed by atoms with van der Waals surface area (Å²) in [7, 11) is 0. The number of fused-ring (bicyclic) bond motifs is 1. The number of thioether (sulfide) groups is 1. The van der Waals surface area contributed by atoms with E-state index in [1.807, 2.05) is 61.7 Å². The molecule has 0 aromatic heterocycles. The molecule has 1 amide bonds. The van der Waals surface area contributed by atoms with Gasteiger partial charge in [0.05, 0.1) is 4.91 Å². The number of para-hydroxylation sites is 1. The lowest BCUT2D eigenvalue weighted by molar-refractivity contribution is -0.122. The summed E-state index contributed by atoms with van der Waals surface area (Å²) in [5.41, 5.74) is 3.39. The molecule has 23 heavy (non-hydrogen) atoms. The molecule has 0 bridgehead atoms. The van der Waals surface area contributed by atoms with Crippen molar-refractivity contribution in [1.82, 2.24) is 4.90 Å². The van der Waals surface area contributed by atoms with E-state index in [2.05, 4.69) is 11.4 Å². The van der Waals surface area contributed by atoms with Crippen LogP contribution in [0.5, 0.6) is 0 Å². The quantitative estimate of drug-likeness (QED) is 0.656. The largest absolute Gasteiger partial charge is 0.361 e. The number of carbonyl (C=O) groups excluding carboxylic acids is 1. The fourth-order valence-corrected chi connectivity index (χ4v) is 3.74. The van der Waals surface area contributed by atoms with Crippen LogP contribution in [0.15, 0.2) is 65.8 Å². The highest BCUT2D eigenvalue weighted by atomic mass is 32.2. The molecule has 1 fully saturated rings. The van der Waals surface area contributed by atoms with Crippen molar-refractivity contribution in [2.24, 2.45) is 0 Å². The molecule has 1 N–H and O–H groups in total. The van der Waals surface area contributed by atoms with Crippen molar-refractivity contribution in [3.05, 3.63) is 71.3 Å². The number of benzene rings is 1. The van der Waals surface area contributed by atoms with Crippen molar-refractivity contribution < 1.29 is 4.79 Å². The van der Waals surface area contributed by atoms with Crippen LogP contribution < -0.4 is 5.32 Å². The summed E-state index contributed by atoms with van der Waals surface area (Å²) in [4.78, 5) is 14.4. The molecular weight excluding hydrogens is 324 g/mol. The Hall–Kier alpha value is -2.11. The van der Waals surface area contributed by atoms with Gasteiger partial charge in [-0.05, 0) is 30.7 Å². The highest BCUT2D eigenvalue weighted by Gasteiger charge is 2.29. The van der Waals surface area contributed by atoms with Gasteiger partial charge in [-0.15, -0.1) is 0 Å². The zero-order chi connectivity index (χ0) is 16.2. The van der Waals surface area contributed by atoms with Gasteiger partial charge >= 0.3 is 0 Å². The van der Waals surface area contributed by atoms with Crippen LogP contribution in [0.4, 0.5) is 5.69 Å². The van der Waals surface area contributed by atoms with Gasteiger partial charge in [0.25, 0.3) is 5.91 Å². The van der Waals surface area contributed by atoms with Gasteiger partial charge in [-0.3, -0.25) is 9.69 Å². The smallest absolute Gasteiger partial charge is 0.266 e. The van der Waals surface area contributed by atoms with E-state index in [-0.39, 0.29) is 5.91 Å². The first-order valence-corrected chi connectivity index (χ1v) is 8.58. The number of rotatable bonds is 3. The Morgan fingerprint density at radius 2 is 2.04 bits per heavy atom. The average molecular weight is 340 g/mol. The minimum absolute atomic E-state index is 0.00749. The molecule has 2 aliphatic rings. The van der Waals surface area contributed by atoms with Gasteiger partial charge < -0.3 is 5.32 Å². The second-order valence-corrected chi connectivity index (χ2v) is 6.65. The molecule has 0 atom stereocenters. The summed E-state index contributed by atoms with van der Waals surface area (Å²) in [5, 5.41) is 3.22. The number of likely N-dealkylation sites (N-methyl/N-ethyl adjacent to an activating group) is 1. The van der Waals surface area contributed by atoms with Crippen LogP contribution in [0.2, 0.25) is 0 Å². The lowest BCUT2D eigenvalue weighted by atomic mass is 10.0. The first kappa shape index (κ1) is 15.8. The maximum Gasteiger partial charge on any atom is 0.266 e. The summed E-state index contributed by atoms with van der Waals surface area (Å²) in [6.07, 6.45) is 11.6. The van der Waals surface area contributed by atoms with E-state index in [0.29, 0.717) is 15.8 Å². The predicted molar refractivity (Wildman–Crippen MR) is 102 cm³/mol. The van der Waals surface area contributed by atoms with Crippen molar-refractivity contribution >= 4 is 45.5 Å². The monoisotopic (exact) mass is 340 g/mol. The Bertz CT molecular complexity index is 775. The molecule has 3 rings (SSSR count). The summed E-state index contributed by atoms with van der Waals surface area (Å²) in [6, 6.07) is 8.16. The molecule has 0 radical (unpaired) electrons. The van der Waals surface area contributed by atoms with Crippen molar-refractivity contribution in [2.75, 3.05) is 11.9 Å².